The lowest BCUT2D eigenvalue weighted by atomic mass is 10.1. The standard InChI is InChI=1S/C20H19NO6S/c1-3-25-19-10-14-8-12(2)26-18(14)11-16(19)21-28(23,24)15-5-6-17-13(9-15)4-7-20(22)27-17/h4-7,9-12,21H,3,8H2,1-2H3/t12-/m0/s1. The molecule has 1 aliphatic rings. The van der Waals surface area contributed by atoms with Crippen molar-refractivity contribution in [1.82, 2.24) is 0 Å². The van der Waals surface area contributed by atoms with Crippen molar-refractivity contribution in [1.29, 1.82) is 0 Å². The van der Waals surface area contributed by atoms with Crippen molar-refractivity contribution >= 4 is 26.7 Å². The minimum Gasteiger partial charge on any atom is -0.492 e. The first-order valence-electron chi connectivity index (χ1n) is 8.89. The highest BCUT2D eigenvalue weighted by atomic mass is 32.2. The van der Waals surface area contributed by atoms with Crippen molar-refractivity contribution in [3.63, 3.8) is 0 Å². The summed E-state index contributed by atoms with van der Waals surface area (Å²) in [6.07, 6.45) is 0.782. The van der Waals surface area contributed by atoms with Gasteiger partial charge in [-0.2, -0.15) is 0 Å². The Balaban J connectivity index is 1.72. The maximum absolute atomic E-state index is 12.9. The molecule has 8 heteroatoms. The van der Waals surface area contributed by atoms with Crippen molar-refractivity contribution in [2.75, 3.05) is 11.3 Å². The molecule has 0 amide bonds. The summed E-state index contributed by atoms with van der Waals surface area (Å²) in [5.74, 6) is 1.10. The molecule has 0 saturated carbocycles. The second-order valence-electron chi connectivity index (χ2n) is 6.58. The monoisotopic (exact) mass is 401 g/mol. The Bertz CT molecular complexity index is 1220. The average Bonchev–Trinajstić information content (AvgIpc) is 3.00. The molecule has 0 fully saturated rings. The van der Waals surface area contributed by atoms with Crippen molar-refractivity contribution < 1.29 is 22.3 Å². The molecule has 0 spiro atoms. The first kappa shape index (κ1) is 18.4. The van der Waals surface area contributed by atoms with E-state index in [0.29, 0.717) is 34.8 Å². The van der Waals surface area contributed by atoms with Crippen LogP contribution in [0.3, 0.4) is 0 Å². The van der Waals surface area contributed by atoms with Crippen LogP contribution in [0.4, 0.5) is 5.69 Å². The molecule has 1 atom stereocenters. The number of anilines is 1. The summed E-state index contributed by atoms with van der Waals surface area (Å²) in [4.78, 5) is 11.3. The van der Waals surface area contributed by atoms with Crippen LogP contribution in [0.2, 0.25) is 0 Å². The van der Waals surface area contributed by atoms with Gasteiger partial charge in [-0.1, -0.05) is 0 Å². The van der Waals surface area contributed by atoms with Gasteiger partial charge in [0.15, 0.2) is 0 Å². The summed E-state index contributed by atoms with van der Waals surface area (Å²) in [5.41, 5.74) is 1.13. The predicted octanol–water partition coefficient (Wildman–Crippen LogP) is 3.32. The quantitative estimate of drug-likeness (QED) is 0.659. The molecule has 2 heterocycles. The van der Waals surface area contributed by atoms with Crippen LogP contribution < -0.4 is 19.8 Å². The van der Waals surface area contributed by atoms with Crippen molar-refractivity contribution in [2.24, 2.45) is 0 Å². The van der Waals surface area contributed by atoms with Gasteiger partial charge in [0.05, 0.1) is 17.2 Å². The summed E-state index contributed by atoms with van der Waals surface area (Å²) >= 11 is 0. The van der Waals surface area contributed by atoms with Gasteiger partial charge < -0.3 is 13.9 Å². The average molecular weight is 401 g/mol. The lowest BCUT2D eigenvalue weighted by Crippen LogP contribution is -2.14. The molecular formula is C20H19NO6S. The summed E-state index contributed by atoms with van der Waals surface area (Å²) in [6.45, 7) is 4.19. The van der Waals surface area contributed by atoms with Crippen molar-refractivity contribution in [2.45, 2.75) is 31.3 Å². The third kappa shape index (κ3) is 3.43. The number of fused-ring (bicyclic) bond motifs is 2. The highest BCUT2D eigenvalue weighted by Crippen LogP contribution is 2.39. The fraction of sp³-hybridized carbons (Fsp3) is 0.250. The summed E-state index contributed by atoms with van der Waals surface area (Å²) in [6, 6.07) is 10.5. The van der Waals surface area contributed by atoms with E-state index in [2.05, 4.69) is 4.72 Å². The Morgan fingerprint density at radius 3 is 2.79 bits per heavy atom. The molecule has 2 aromatic carbocycles. The van der Waals surface area contributed by atoms with E-state index in [0.717, 1.165) is 12.0 Å². The van der Waals surface area contributed by atoms with Gasteiger partial charge in [-0.15, -0.1) is 0 Å². The van der Waals surface area contributed by atoms with Crippen LogP contribution in [0.1, 0.15) is 19.4 Å². The van der Waals surface area contributed by atoms with E-state index in [1.54, 1.807) is 6.07 Å². The molecule has 0 aliphatic carbocycles. The van der Waals surface area contributed by atoms with Crippen molar-refractivity contribution in [3.8, 4) is 11.5 Å². The molecule has 3 aromatic rings. The number of hydrogen-bond acceptors (Lipinski definition) is 6. The van der Waals surface area contributed by atoms with Gasteiger partial charge >= 0.3 is 5.63 Å². The van der Waals surface area contributed by atoms with Gasteiger partial charge in [0.2, 0.25) is 0 Å². The molecule has 7 nitrogen and oxygen atoms in total. The number of sulfonamides is 1. The van der Waals surface area contributed by atoms with Crippen LogP contribution in [0.5, 0.6) is 11.5 Å². The van der Waals surface area contributed by atoms with E-state index in [-0.39, 0.29) is 11.0 Å². The molecule has 0 unspecified atom stereocenters. The molecule has 0 radical (unpaired) electrons. The Labute approximate surface area is 161 Å². The molecule has 4 rings (SSSR count). The van der Waals surface area contributed by atoms with Crippen LogP contribution in [-0.4, -0.2) is 21.1 Å². The van der Waals surface area contributed by atoms with Gasteiger partial charge in [0.1, 0.15) is 23.2 Å². The van der Waals surface area contributed by atoms with E-state index < -0.39 is 15.6 Å². The highest BCUT2D eigenvalue weighted by molar-refractivity contribution is 7.92. The summed E-state index contributed by atoms with van der Waals surface area (Å²) in [7, 11) is -3.89. The summed E-state index contributed by atoms with van der Waals surface area (Å²) in [5, 5.41) is 0.513. The zero-order valence-electron chi connectivity index (χ0n) is 15.4. The third-order valence-corrected chi connectivity index (χ3v) is 5.81. The largest absolute Gasteiger partial charge is 0.492 e. The number of nitrogens with one attached hydrogen (secondary N) is 1. The number of rotatable bonds is 5. The van der Waals surface area contributed by atoms with E-state index in [4.69, 9.17) is 13.9 Å². The lowest BCUT2D eigenvalue weighted by molar-refractivity contribution is 0.254. The van der Waals surface area contributed by atoms with E-state index in [9.17, 15) is 13.2 Å². The number of benzene rings is 2. The zero-order chi connectivity index (χ0) is 19.9. The van der Waals surface area contributed by atoms with Crippen LogP contribution in [-0.2, 0) is 16.4 Å². The summed E-state index contributed by atoms with van der Waals surface area (Å²) < 4.78 is 44.9. The van der Waals surface area contributed by atoms with Gasteiger partial charge in [0, 0.05) is 29.5 Å². The molecule has 1 aliphatic heterocycles. The van der Waals surface area contributed by atoms with Crippen LogP contribution in [0, 0.1) is 0 Å². The first-order valence-corrected chi connectivity index (χ1v) is 10.4. The third-order valence-electron chi connectivity index (χ3n) is 4.44. The molecular weight excluding hydrogens is 382 g/mol. The normalized spacial score (nSPS) is 15.9. The first-order chi connectivity index (χ1) is 13.4. The molecule has 1 aromatic heterocycles. The molecule has 28 heavy (non-hydrogen) atoms. The van der Waals surface area contributed by atoms with Gasteiger partial charge in [0.25, 0.3) is 10.0 Å². The number of hydrogen-bond donors (Lipinski definition) is 1. The zero-order valence-corrected chi connectivity index (χ0v) is 16.2. The Morgan fingerprint density at radius 2 is 2.00 bits per heavy atom. The topological polar surface area (TPSA) is 94.8 Å². The Hall–Kier alpha value is -3.00. The van der Waals surface area contributed by atoms with Gasteiger partial charge in [-0.3, -0.25) is 4.72 Å². The highest BCUT2D eigenvalue weighted by Gasteiger charge is 2.24. The maximum atomic E-state index is 12.9. The molecule has 146 valence electrons. The minimum absolute atomic E-state index is 0.0338. The van der Waals surface area contributed by atoms with E-state index in [1.807, 2.05) is 19.9 Å². The lowest BCUT2D eigenvalue weighted by Gasteiger charge is -2.15. The van der Waals surface area contributed by atoms with Crippen LogP contribution in [0.25, 0.3) is 11.0 Å². The fourth-order valence-corrected chi connectivity index (χ4v) is 4.31. The second kappa shape index (κ2) is 6.87. The van der Waals surface area contributed by atoms with E-state index >= 15 is 0 Å². The molecule has 0 bridgehead atoms. The smallest absolute Gasteiger partial charge is 0.336 e. The van der Waals surface area contributed by atoms with Crippen LogP contribution >= 0.6 is 0 Å². The number of ether oxygens (including phenoxy) is 2. The van der Waals surface area contributed by atoms with Crippen molar-refractivity contribution in [3.05, 3.63) is 58.4 Å². The second-order valence-corrected chi connectivity index (χ2v) is 8.26. The molecule has 0 saturated heterocycles. The minimum atomic E-state index is -3.89. The Kier molecular flexibility index (Phi) is 4.50. The molecule has 1 N–H and O–H groups in total. The SMILES string of the molecule is CCOc1cc2c(cc1NS(=O)(=O)c1ccc3oc(=O)ccc3c1)O[C@@H](C)C2. The van der Waals surface area contributed by atoms with Gasteiger partial charge in [-0.05, 0) is 44.2 Å². The predicted molar refractivity (Wildman–Crippen MR) is 105 cm³/mol. The maximum Gasteiger partial charge on any atom is 0.336 e. The van der Waals surface area contributed by atoms with E-state index in [1.165, 1.54) is 30.3 Å². The van der Waals surface area contributed by atoms with Gasteiger partial charge in [-0.25, -0.2) is 13.2 Å². The Morgan fingerprint density at radius 1 is 1.18 bits per heavy atom. The van der Waals surface area contributed by atoms with Crippen LogP contribution in [0.15, 0.2) is 56.6 Å². The fourth-order valence-electron chi connectivity index (χ4n) is 3.21.